The van der Waals surface area contributed by atoms with E-state index in [4.69, 9.17) is 0 Å². The summed E-state index contributed by atoms with van der Waals surface area (Å²) in [7, 11) is 4.10. The van der Waals surface area contributed by atoms with Crippen molar-refractivity contribution in [1.82, 2.24) is 4.90 Å². The third-order valence-corrected chi connectivity index (χ3v) is 2.90. The van der Waals surface area contributed by atoms with Gasteiger partial charge in [0.25, 0.3) is 0 Å². The fourth-order valence-electron chi connectivity index (χ4n) is 1.52. The smallest absolute Gasteiger partial charge is 0.162 e. The van der Waals surface area contributed by atoms with Crippen LogP contribution in [0, 0.1) is 0 Å². The second kappa shape index (κ2) is 6.81. The van der Waals surface area contributed by atoms with E-state index in [2.05, 4.69) is 34.9 Å². The molecule has 0 aliphatic rings. The number of ketones is 1. The fourth-order valence-corrected chi connectivity index (χ4v) is 1.92. The molecule has 0 amide bonds. The third kappa shape index (κ3) is 4.90. The number of Topliss-reactive ketones (excluding diaryl/α,β-unsaturated/α-hetero) is 1. The van der Waals surface area contributed by atoms with E-state index < -0.39 is 0 Å². The molecule has 0 aliphatic carbocycles. The molecule has 0 bridgehead atoms. The molecule has 1 aromatic rings. The number of hydrogen-bond acceptors (Lipinski definition) is 2. The van der Waals surface area contributed by atoms with E-state index >= 15 is 0 Å². The molecule has 0 N–H and O–H groups in total. The Morgan fingerprint density at radius 1 is 1.31 bits per heavy atom. The molecule has 16 heavy (non-hydrogen) atoms. The molecular formula is C13H18BrNO. The van der Waals surface area contributed by atoms with Crippen LogP contribution in [0.1, 0.15) is 29.6 Å². The predicted octanol–water partition coefficient (Wildman–Crippen LogP) is 3.36. The molecule has 0 heterocycles. The number of hydrogen-bond donors (Lipinski definition) is 0. The van der Waals surface area contributed by atoms with E-state index in [1.165, 1.54) is 0 Å². The lowest BCUT2D eigenvalue weighted by atomic mass is 10.1. The Labute approximate surface area is 106 Å². The lowest BCUT2D eigenvalue weighted by Crippen LogP contribution is -2.13. The average molecular weight is 284 g/mol. The highest BCUT2D eigenvalue weighted by Crippen LogP contribution is 2.14. The van der Waals surface area contributed by atoms with Crippen molar-refractivity contribution in [1.29, 1.82) is 0 Å². The SMILES string of the molecule is CN(C)CCCCC(=O)c1cccc(Br)c1. The van der Waals surface area contributed by atoms with E-state index in [1.807, 2.05) is 24.3 Å². The van der Waals surface area contributed by atoms with Gasteiger partial charge in [0, 0.05) is 16.5 Å². The summed E-state index contributed by atoms with van der Waals surface area (Å²) >= 11 is 3.37. The van der Waals surface area contributed by atoms with Crippen LogP contribution in [0.3, 0.4) is 0 Å². The molecule has 0 unspecified atom stereocenters. The van der Waals surface area contributed by atoms with Gasteiger partial charge in [-0.1, -0.05) is 28.1 Å². The molecule has 0 saturated heterocycles. The van der Waals surface area contributed by atoms with Gasteiger partial charge < -0.3 is 4.90 Å². The zero-order valence-electron chi connectivity index (χ0n) is 9.87. The Hall–Kier alpha value is -0.670. The van der Waals surface area contributed by atoms with Gasteiger partial charge in [0.15, 0.2) is 5.78 Å². The van der Waals surface area contributed by atoms with Gasteiger partial charge in [-0.05, 0) is 45.6 Å². The van der Waals surface area contributed by atoms with Gasteiger partial charge in [-0.3, -0.25) is 4.79 Å². The van der Waals surface area contributed by atoms with Gasteiger partial charge in [-0.15, -0.1) is 0 Å². The number of nitrogens with zero attached hydrogens (tertiary/aromatic N) is 1. The van der Waals surface area contributed by atoms with Crippen molar-refractivity contribution in [3.63, 3.8) is 0 Å². The van der Waals surface area contributed by atoms with E-state index in [-0.39, 0.29) is 5.78 Å². The quantitative estimate of drug-likeness (QED) is 0.589. The molecule has 2 nitrogen and oxygen atoms in total. The van der Waals surface area contributed by atoms with Gasteiger partial charge in [0.2, 0.25) is 0 Å². The average Bonchev–Trinajstić information content (AvgIpc) is 2.24. The number of halogens is 1. The number of carbonyl (C=O) groups excluding carboxylic acids is 1. The molecule has 88 valence electrons. The summed E-state index contributed by atoms with van der Waals surface area (Å²) in [4.78, 5) is 13.9. The summed E-state index contributed by atoms with van der Waals surface area (Å²) in [5.41, 5.74) is 0.805. The normalized spacial score (nSPS) is 10.8. The Morgan fingerprint density at radius 2 is 2.06 bits per heavy atom. The van der Waals surface area contributed by atoms with E-state index in [1.54, 1.807) is 0 Å². The zero-order valence-corrected chi connectivity index (χ0v) is 11.5. The van der Waals surface area contributed by atoms with Crippen molar-refractivity contribution in [2.24, 2.45) is 0 Å². The van der Waals surface area contributed by atoms with Crippen molar-refractivity contribution in [2.75, 3.05) is 20.6 Å². The molecule has 1 rings (SSSR count). The van der Waals surface area contributed by atoms with E-state index in [0.29, 0.717) is 6.42 Å². The molecular weight excluding hydrogens is 266 g/mol. The lowest BCUT2D eigenvalue weighted by Gasteiger charge is -2.08. The van der Waals surface area contributed by atoms with Crippen LogP contribution in [0.25, 0.3) is 0 Å². The Kier molecular flexibility index (Phi) is 5.71. The minimum absolute atomic E-state index is 0.236. The summed E-state index contributed by atoms with van der Waals surface area (Å²) in [5.74, 6) is 0.236. The molecule has 0 radical (unpaired) electrons. The summed E-state index contributed by atoms with van der Waals surface area (Å²) in [5, 5.41) is 0. The number of carbonyl (C=O) groups is 1. The van der Waals surface area contributed by atoms with Gasteiger partial charge in [-0.25, -0.2) is 0 Å². The van der Waals surface area contributed by atoms with Gasteiger partial charge >= 0.3 is 0 Å². The van der Waals surface area contributed by atoms with Crippen molar-refractivity contribution < 1.29 is 4.79 Å². The second-order valence-electron chi connectivity index (χ2n) is 4.19. The topological polar surface area (TPSA) is 20.3 Å². The third-order valence-electron chi connectivity index (χ3n) is 2.41. The monoisotopic (exact) mass is 283 g/mol. The number of rotatable bonds is 6. The van der Waals surface area contributed by atoms with E-state index in [9.17, 15) is 4.79 Å². The second-order valence-corrected chi connectivity index (χ2v) is 5.11. The molecule has 0 saturated carbocycles. The first kappa shape index (κ1) is 13.4. The molecule has 0 fully saturated rings. The van der Waals surface area contributed by atoms with Crippen LogP contribution in [0.4, 0.5) is 0 Å². The van der Waals surface area contributed by atoms with Crippen LogP contribution >= 0.6 is 15.9 Å². The van der Waals surface area contributed by atoms with Gasteiger partial charge in [-0.2, -0.15) is 0 Å². The van der Waals surface area contributed by atoms with Crippen LogP contribution in [-0.4, -0.2) is 31.3 Å². The van der Waals surface area contributed by atoms with Crippen molar-refractivity contribution in [2.45, 2.75) is 19.3 Å². The van der Waals surface area contributed by atoms with Crippen LogP contribution in [0.15, 0.2) is 28.7 Å². The highest BCUT2D eigenvalue weighted by Gasteiger charge is 2.05. The molecule has 3 heteroatoms. The molecule has 0 aliphatic heterocycles. The fraction of sp³-hybridized carbons (Fsp3) is 0.462. The first-order valence-electron chi connectivity index (χ1n) is 5.53. The Morgan fingerprint density at radius 3 is 2.69 bits per heavy atom. The standard InChI is InChI=1S/C13H18BrNO/c1-15(2)9-4-3-8-13(16)11-6-5-7-12(14)10-11/h5-7,10H,3-4,8-9H2,1-2H3. The maximum atomic E-state index is 11.8. The molecule has 1 aromatic carbocycles. The highest BCUT2D eigenvalue weighted by molar-refractivity contribution is 9.10. The number of benzene rings is 1. The first-order valence-corrected chi connectivity index (χ1v) is 6.32. The summed E-state index contributed by atoms with van der Waals surface area (Å²) < 4.78 is 0.964. The predicted molar refractivity (Wildman–Crippen MR) is 70.9 cm³/mol. The van der Waals surface area contributed by atoms with Crippen LogP contribution in [-0.2, 0) is 0 Å². The van der Waals surface area contributed by atoms with Crippen LogP contribution in [0.2, 0.25) is 0 Å². The summed E-state index contributed by atoms with van der Waals surface area (Å²) in [6.45, 7) is 1.05. The Balaban J connectivity index is 2.35. The lowest BCUT2D eigenvalue weighted by molar-refractivity contribution is 0.0978. The largest absolute Gasteiger partial charge is 0.309 e. The molecule has 0 aromatic heterocycles. The maximum absolute atomic E-state index is 11.8. The van der Waals surface area contributed by atoms with Gasteiger partial charge in [0.05, 0.1) is 0 Å². The Bertz CT molecular complexity index is 350. The van der Waals surface area contributed by atoms with Crippen molar-refractivity contribution >= 4 is 21.7 Å². The van der Waals surface area contributed by atoms with Crippen molar-refractivity contribution in [3.05, 3.63) is 34.3 Å². The maximum Gasteiger partial charge on any atom is 0.162 e. The number of unbranched alkanes of at least 4 members (excludes halogenated alkanes) is 1. The first-order chi connectivity index (χ1) is 7.59. The minimum Gasteiger partial charge on any atom is -0.309 e. The molecule has 0 spiro atoms. The molecule has 0 atom stereocenters. The minimum atomic E-state index is 0.236. The van der Waals surface area contributed by atoms with Crippen molar-refractivity contribution in [3.8, 4) is 0 Å². The summed E-state index contributed by atoms with van der Waals surface area (Å²) in [6.07, 6.45) is 2.68. The summed E-state index contributed by atoms with van der Waals surface area (Å²) in [6, 6.07) is 7.59. The zero-order chi connectivity index (χ0) is 12.0. The van der Waals surface area contributed by atoms with Crippen LogP contribution < -0.4 is 0 Å². The van der Waals surface area contributed by atoms with E-state index in [0.717, 1.165) is 29.4 Å². The van der Waals surface area contributed by atoms with Gasteiger partial charge in [0.1, 0.15) is 0 Å². The highest BCUT2D eigenvalue weighted by atomic mass is 79.9. The van der Waals surface area contributed by atoms with Crippen LogP contribution in [0.5, 0.6) is 0 Å².